The minimum atomic E-state index is -0.657. The van der Waals surface area contributed by atoms with E-state index in [9.17, 15) is 20.2 Å². The first-order chi connectivity index (χ1) is 15.4. The monoisotopic (exact) mass is 491 g/mol. The number of ether oxygens (including phenoxy) is 1. The van der Waals surface area contributed by atoms with Crippen molar-refractivity contribution in [1.82, 2.24) is 0 Å². The summed E-state index contributed by atoms with van der Waals surface area (Å²) in [5.74, 6) is -0.000541. The maximum absolute atomic E-state index is 12.7. The lowest BCUT2D eigenvalue weighted by Gasteiger charge is -2.11. The van der Waals surface area contributed by atoms with E-state index in [1.165, 1.54) is 30.3 Å². The van der Waals surface area contributed by atoms with E-state index in [2.05, 4.69) is 21.2 Å². The fraction of sp³-hybridized carbons (Fsp3) is 0.0833. The lowest BCUT2D eigenvalue weighted by Crippen LogP contribution is -2.13. The normalized spacial score (nSPS) is 10.8. The number of anilines is 1. The topological polar surface area (TPSA) is 105 Å². The van der Waals surface area contributed by atoms with Crippen LogP contribution in [0.15, 0.2) is 76.8 Å². The van der Waals surface area contributed by atoms with Crippen LogP contribution < -0.4 is 10.1 Å². The summed E-state index contributed by atoms with van der Waals surface area (Å²) in [6.45, 7) is 0. The van der Waals surface area contributed by atoms with Crippen molar-refractivity contribution in [3.63, 3.8) is 0 Å². The Kier molecular flexibility index (Phi) is 7.37. The van der Waals surface area contributed by atoms with Crippen LogP contribution in [0.5, 0.6) is 5.75 Å². The van der Waals surface area contributed by atoms with Gasteiger partial charge in [-0.2, -0.15) is 5.26 Å². The van der Waals surface area contributed by atoms with Gasteiger partial charge in [0, 0.05) is 22.3 Å². The molecule has 0 radical (unpaired) electrons. The lowest BCUT2D eigenvalue weighted by molar-refractivity contribution is -0.384. The zero-order valence-corrected chi connectivity index (χ0v) is 18.6. The van der Waals surface area contributed by atoms with E-state index in [1.54, 1.807) is 19.2 Å². The number of hydrogen-bond acceptors (Lipinski definition) is 5. The fourth-order valence-corrected chi connectivity index (χ4v) is 3.47. The van der Waals surface area contributed by atoms with Gasteiger partial charge in [0.1, 0.15) is 17.4 Å². The predicted octanol–water partition coefficient (Wildman–Crippen LogP) is 5.50. The SMILES string of the molecule is COc1ccc(/C=C(\C#N)C(=O)Nc2cccc([N+](=O)[O-])c2)c(Cc2ccccc2Br)c1. The molecule has 0 saturated carbocycles. The average molecular weight is 492 g/mol. The molecule has 32 heavy (non-hydrogen) atoms. The van der Waals surface area contributed by atoms with Crippen LogP contribution in [0, 0.1) is 21.4 Å². The van der Waals surface area contributed by atoms with Gasteiger partial charge < -0.3 is 10.1 Å². The number of carbonyl (C=O) groups excluding carboxylic acids is 1. The summed E-state index contributed by atoms with van der Waals surface area (Å²) < 4.78 is 6.28. The molecule has 3 rings (SSSR count). The molecule has 1 N–H and O–H groups in total. The quantitative estimate of drug-likeness (QED) is 0.203. The highest BCUT2D eigenvalue weighted by atomic mass is 79.9. The molecule has 0 unspecified atom stereocenters. The van der Waals surface area contributed by atoms with Crippen LogP contribution in [0.4, 0.5) is 11.4 Å². The molecule has 1 amide bonds. The Morgan fingerprint density at radius 2 is 1.94 bits per heavy atom. The van der Waals surface area contributed by atoms with Crippen LogP contribution >= 0.6 is 15.9 Å². The Morgan fingerprint density at radius 3 is 2.62 bits per heavy atom. The molecule has 0 aliphatic rings. The number of hydrogen-bond donors (Lipinski definition) is 1. The summed E-state index contributed by atoms with van der Waals surface area (Å²) in [4.78, 5) is 23.1. The number of nitriles is 1. The van der Waals surface area contributed by atoms with Crippen LogP contribution in [-0.2, 0) is 11.2 Å². The minimum Gasteiger partial charge on any atom is -0.497 e. The summed E-state index contributed by atoms with van der Waals surface area (Å²) in [6.07, 6.45) is 2.05. The van der Waals surface area contributed by atoms with Gasteiger partial charge in [-0.15, -0.1) is 0 Å². The number of non-ortho nitro benzene ring substituents is 1. The van der Waals surface area contributed by atoms with Gasteiger partial charge in [0.05, 0.1) is 12.0 Å². The zero-order valence-electron chi connectivity index (χ0n) is 17.0. The second-order valence-corrected chi connectivity index (χ2v) is 7.62. The van der Waals surface area contributed by atoms with Crippen molar-refractivity contribution in [1.29, 1.82) is 5.26 Å². The molecule has 0 spiro atoms. The van der Waals surface area contributed by atoms with Crippen molar-refractivity contribution in [2.24, 2.45) is 0 Å². The van der Waals surface area contributed by atoms with E-state index in [0.717, 1.165) is 15.6 Å². The Balaban J connectivity index is 1.93. The molecule has 8 heteroatoms. The number of methoxy groups -OCH3 is 1. The van der Waals surface area contributed by atoms with Crippen molar-refractivity contribution in [3.05, 3.63) is 104 Å². The molecule has 0 bridgehead atoms. The predicted molar refractivity (Wildman–Crippen MR) is 125 cm³/mol. The highest BCUT2D eigenvalue weighted by Gasteiger charge is 2.14. The van der Waals surface area contributed by atoms with Crippen molar-refractivity contribution >= 4 is 39.3 Å². The number of amides is 1. The van der Waals surface area contributed by atoms with Gasteiger partial charge in [0.25, 0.3) is 11.6 Å². The van der Waals surface area contributed by atoms with Gasteiger partial charge in [-0.1, -0.05) is 46.3 Å². The molecule has 3 aromatic carbocycles. The van der Waals surface area contributed by atoms with Gasteiger partial charge in [0.15, 0.2) is 0 Å². The molecule has 0 saturated heterocycles. The number of nitrogens with one attached hydrogen (secondary N) is 1. The highest BCUT2D eigenvalue weighted by Crippen LogP contribution is 2.26. The van der Waals surface area contributed by atoms with E-state index in [4.69, 9.17) is 4.74 Å². The van der Waals surface area contributed by atoms with E-state index in [-0.39, 0.29) is 16.9 Å². The maximum atomic E-state index is 12.7. The third kappa shape index (κ3) is 5.59. The molecule has 0 heterocycles. The molecule has 160 valence electrons. The summed E-state index contributed by atoms with van der Waals surface area (Å²) in [6, 6.07) is 20.6. The first kappa shape index (κ1) is 22.7. The van der Waals surface area contributed by atoms with Crippen molar-refractivity contribution in [2.45, 2.75) is 6.42 Å². The smallest absolute Gasteiger partial charge is 0.271 e. The van der Waals surface area contributed by atoms with Crippen LogP contribution in [0.3, 0.4) is 0 Å². The molecule has 0 atom stereocenters. The number of rotatable bonds is 7. The molecule has 0 fully saturated rings. The van der Waals surface area contributed by atoms with Crippen molar-refractivity contribution < 1.29 is 14.5 Å². The maximum Gasteiger partial charge on any atom is 0.271 e. The molecular formula is C24H18BrN3O4. The highest BCUT2D eigenvalue weighted by molar-refractivity contribution is 9.10. The van der Waals surface area contributed by atoms with E-state index < -0.39 is 10.8 Å². The lowest BCUT2D eigenvalue weighted by atomic mass is 9.97. The van der Waals surface area contributed by atoms with E-state index in [1.807, 2.05) is 36.4 Å². The van der Waals surface area contributed by atoms with Crippen molar-refractivity contribution in [3.8, 4) is 11.8 Å². The number of nitro benzene ring substituents is 1. The van der Waals surface area contributed by atoms with Crippen LogP contribution in [-0.4, -0.2) is 17.9 Å². The molecule has 7 nitrogen and oxygen atoms in total. The van der Waals surface area contributed by atoms with E-state index >= 15 is 0 Å². The van der Waals surface area contributed by atoms with Crippen LogP contribution in [0.1, 0.15) is 16.7 Å². The van der Waals surface area contributed by atoms with Crippen LogP contribution in [0.2, 0.25) is 0 Å². The Labute approximate surface area is 193 Å². The fourth-order valence-electron chi connectivity index (χ4n) is 3.05. The first-order valence-corrected chi connectivity index (χ1v) is 10.3. The number of benzene rings is 3. The number of nitro groups is 1. The Bertz CT molecular complexity index is 1250. The summed E-state index contributed by atoms with van der Waals surface area (Å²) in [7, 11) is 1.57. The molecule has 0 aliphatic carbocycles. The van der Waals surface area contributed by atoms with Gasteiger partial charge in [-0.05, 0) is 53.5 Å². The summed E-state index contributed by atoms with van der Waals surface area (Å²) >= 11 is 3.54. The second kappa shape index (κ2) is 10.4. The number of nitrogens with zero attached hydrogens (tertiary/aromatic N) is 2. The number of carbonyl (C=O) groups is 1. The molecule has 0 aromatic heterocycles. The standard InChI is InChI=1S/C24H18BrN3O4/c1-32-22-10-9-16(18(13-22)12-17-5-2-3-8-23(17)25)11-19(15-26)24(29)27-20-6-4-7-21(14-20)28(30)31/h2-11,13-14H,12H2,1H3,(H,27,29)/b19-11+. The second-order valence-electron chi connectivity index (χ2n) is 6.76. The Hall–Kier alpha value is -3.96. The van der Waals surface area contributed by atoms with Crippen LogP contribution in [0.25, 0.3) is 6.08 Å². The third-order valence-electron chi connectivity index (χ3n) is 4.67. The largest absolute Gasteiger partial charge is 0.497 e. The van der Waals surface area contributed by atoms with E-state index in [0.29, 0.717) is 17.7 Å². The number of halogens is 1. The van der Waals surface area contributed by atoms with Gasteiger partial charge >= 0.3 is 0 Å². The molecule has 3 aromatic rings. The van der Waals surface area contributed by atoms with Gasteiger partial charge in [-0.3, -0.25) is 14.9 Å². The summed E-state index contributed by atoms with van der Waals surface area (Å²) in [5.41, 5.74) is 2.54. The molecular weight excluding hydrogens is 474 g/mol. The van der Waals surface area contributed by atoms with Crippen molar-refractivity contribution in [2.75, 3.05) is 12.4 Å². The minimum absolute atomic E-state index is 0.130. The summed E-state index contributed by atoms with van der Waals surface area (Å²) in [5, 5.41) is 23.1. The zero-order chi connectivity index (χ0) is 23.1. The first-order valence-electron chi connectivity index (χ1n) is 9.49. The average Bonchev–Trinajstić information content (AvgIpc) is 2.79. The van der Waals surface area contributed by atoms with Gasteiger partial charge in [-0.25, -0.2) is 0 Å². The molecule has 0 aliphatic heterocycles. The van der Waals surface area contributed by atoms with Gasteiger partial charge in [0.2, 0.25) is 0 Å². The third-order valence-corrected chi connectivity index (χ3v) is 5.44. The Morgan fingerprint density at radius 1 is 1.16 bits per heavy atom.